The molecule has 7 nitrogen and oxygen atoms in total. The van der Waals surface area contributed by atoms with Crippen LogP contribution in [0.2, 0.25) is 0 Å². The van der Waals surface area contributed by atoms with Crippen LogP contribution >= 0.6 is 11.8 Å². The van der Waals surface area contributed by atoms with Crippen molar-refractivity contribution in [2.45, 2.75) is 5.37 Å². The van der Waals surface area contributed by atoms with Crippen molar-refractivity contribution in [3.63, 3.8) is 0 Å². The Balaban J connectivity index is 2.43. The second-order valence-electron chi connectivity index (χ2n) is 4.68. The van der Waals surface area contributed by atoms with Crippen LogP contribution in [-0.2, 0) is 14.3 Å². The first kappa shape index (κ1) is 17.3. The first-order chi connectivity index (χ1) is 11.1. The molecular weight excluding hydrogens is 322 g/mol. The van der Waals surface area contributed by atoms with Gasteiger partial charge in [-0.15, -0.1) is 11.8 Å². The summed E-state index contributed by atoms with van der Waals surface area (Å²) < 4.78 is 20.8. The fraction of sp³-hybridized carbons (Fsp3) is 0.467. The Labute approximate surface area is 138 Å². The van der Waals surface area contributed by atoms with Crippen molar-refractivity contribution in [1.82, 2.24) is 4.90 Å². The number of amides is 1. The van der Waals surface area contributed by atoms with Gasteiger partial charge in [0, 0.05) is 5.56 Å². The van der Waals surface area contributed by atoms with Gasteiger partial charge in [-0.25, -0.2) is 0 Å². The van der Waals surface area contributed by atoms with Crippen molar-refractivity contribution in [1.29, 1.82) is 0 Å². The Morgan fingerprint density at radius 3 is 2.43 bits per heavy atom. The van der Waals surface area contributed by atoms with Crippen molar-refractivity contribution >= 4 is 23.6 Å². The summed E-state index contributed by atoms with van der Waals surface area (Å²) in [7, 11) is 5.87. The minimum absolute atomic E-state index is 0.107. The summed E-state index contributed by atoms with van der Waals surface area (Å²) in [6, 6.07) is 3.55. The van der Waals surface area contributed by atoms with E-state index in [1.165, 1.54) is 45.1 Å². The van der Waals surface area contributed by atoms with Gasteiger partial charge in [-0.05, 0) is 12.1 Å². The smallest absolute Gasteiger partial charge is 0.325 e. The number of carbonyl (C=O) groups excluding carboxylic acids is 2. The maximum atomic E-state index is 12.1. The fourth-order valence-electron chi connectivity index (χ4n) is 2.41. The Hall–Kier alpha value is -2.09. The molecule has 2 rings (SSSR count). The Morgan fingerprint density at radius 1 is 1.17 bits per heavy atom. The third kappa shape index (κ3) is 3.31. The van der Waals surface area contributed by atoms with Crippen LogP contribution in [-0.4, -0.2) is 57.5 Å². The summed E-state index contributed by atoms with van der Waals surface area (Å²) in [4.78, 5) is 25.1. The van der Waals surface area contributed by atoms with Crippen molar-refractivity contribution in [3.05, 3.63) is 17.7 Å². The summed E-state index contributed by atoms with van der Waals surface area (Å²) in [5, 5.41) is -0.351. The molecule has 0 aromatic heterocycles. The summed E-state index contributed by atoms with van der Waals surface area (Å²) in [5.41, 5.74) is 0.741. The average Bonchev–Trinajstić information content (AvgIpc) is 2.93. The van der Waals surface area contributed by atoms with Gasteiger partial charge in [0.15, 0.2) is 11.5 Å². The molecule has 1 amide bonds. The van der Waals surface area contributed by atoms with Gasteiger partial charge in [-0.2, -0.15) is 0 Å². The minimum Gasteiger partial charge on any atom is -0.493 e. The molecule has 1 aliphatic rings. The van der Waals surface area contributed by atoms with Crippen LogP contribution < -0.4 is 14.2 Å². The predicted molar refractivity (Wildman–Crippen MR) is 85.0 cm³/mol. The number of ether oxygens (including phenoxy) is 4. The molecule has 0 aliphatic carbocycles. The third-order valence-corrected chi connectivity index (χ3v) is 4.73. The van der Waals surface area contributed by atoms with Gasteiger partial charge in [0.1, 0.15) is 11.9 Å². The van der Waals surface area contributed by atoms with Gasteiger partial charge in [0.25, 0.3) is 0 Å². The van der Waals surface area contributed by atoms with Crippen molar-refractivity contribution in [2.75, 3.05) is 40.7 Å². The maximum Gasteiger partial charge on any atom is 0.325 e. The lowest BCUT2D eigenvalue weighted by molar-refractivity contribution is -0.146. The van der Waals surface area contributed by atoms with Crippen LogP contribution in [0, 0.1) is 0 Å². The molecule has 0 bridgehead atoms. The van der Waals surface area contributed by atoms with Crippen molar-refractivity contribution in [2.24, 2.45) is 0 Å². The second kappa shape index (κ2) is 7.45. The van der Waals surface area contributed by atoms with E-state index in [4.69, 9.17) is 14.2 Å². The standard InChI is InChI=1S/C15H19NO6S/c1-19-10-6-5-9(13(21-3)14(10)22-4)15-16(7-12(18)20-2)11(17)8-23-15/h5-6,15H,7-8H2,1-4H3. The van der Waals surface area contributed by atoms with Crippen molar-refractivity contribution in [3.8, 4) is 17.2 Å². The Kier molecular flexibility index (Phi) is 5.59. The molecule has 0 saturated carbocycles. The van der Waals surface area contributed by atoms with Gasteiger partial charge in [-0.1, -0.05) is 0 Å². The van der Waals surface area contributed by atoms with Crippen LogP contribution in [0.25, 0.3) is 0 Å². The van der Waals surface area contributed by atoms with Gasteiger partial charge >= 0.3 is 5.97 Å². The van der Waals surface area contributed by atoms with E-state index in [0.717, 1.165) is 5.56 Å². The van der Waals surface area contributed by atoms with E-state index in [2.05, 4.69) is 4.74 Å². The van der Waals surface area contributed by atoms with Crippen LogP contribution in [0.4, 0.5) is 0 Å². The molecule has 1 heterocycles. The van der Waals surface area contributed by atoms with Gasteiger partial charge < -0.3 is 23.8 Å². The SMILES string of the molecule is COC(=O)CN1C(=O)CSC1c1ccc(OC)c(OC)c1OC. The molecular formula is C15H19NO6S. The van der Waals surface area contributed by atoms with E-state index >= 15 is 0 Å². The highest BCUT2D eigenvalue weighted by Crippen LogP contribution is 2.48. The zero-order valence-electron chi connectivity index (χ0n) is 13.5. The highest BCUT2D eigenvalue weighted by molar-refractivity contribution is 8.00. The largest absolute Gasteiger partial charge is 0.493 e. The van der Waals surface area contributed by atoms with E-state index in [1.54, 1.807) is 12.1 Å². The lowest BCUT2D eigenvalue weighted by Gasteiger charge is -2.25. The highest BCUT2D eigenvalue weighted by atomic mass is 32.2. The Bertz CT molecular complexity index is 606. The monoisotopic (exact) mass is 341 g/mol. The fourth-order valence-corrected chi connectivity index (χ4v) is 3.61. The first-order valence-electron chi connectivity index (χ1n) is 6.84. The average molecular weight is 341 g/mol. The molecule has 1 saturated heterocycles. The number of methoxy groups -OCH3 is 4. The van der Waals surface area contributed by atoms with Crippen molar-refractivity contribution < 1.29 is 28.5 Å². The number of hydrogen-bond donors (Lipinski definition) is 0. The summed E-state index contributed by atoms with van der Waals surface area (Å²) in [6.07, 6.45) is 0. The van der Waals surface area contributed by atoms with Gasteiger partial charge in [0.05, 0.1) is 34.2 Å². The number of esters is 1. The molecule has 126 valence electrons. The molecule has 23 heavy (non-hydrogen) atoms. The van der Waals surface area contributed by atoms with E-state index in [1.807, 2.05) is 0 Å². The molecule has 1 unspecified atom stereocenters. The summed E-state index contributed by atoms with van der Waals surface area (Å²) >= 11 is 1.42. The quantitative estimate of drug-likeness (QED) is 0.725. The van der Waals surface area contributed by atoms with Crippen LogP contribution in [0.1, 0.15) is 10.9 Å². The van der Waals surface area contributed by atoms with Crippen LogP contribution in [0.3, 0.4) is 0 Å². The molecule has 1 fully saturated rings. The molecule has 0 spiro atoms. The maximum absolute atomic E-state index is 12.1. The zero-order valence-corrected chi connectivity index (χ0v) is 14.3. The number of thioether (sulfide) groups is 1. The van der Waals surface area contributed by atoms with E-state index in [-0.39, 0.29) is 17.8 Å². The normalized spacial score (nSPS) is 17.1. The molecule has 1 aromatic rings. The van der Waals surface area contributed by atoms with E-state index in [9.17, 15) is 9.59 Å². The number of benzene rings is 1. The van der Waals surface area contributed by atoms with Crippen LogP contribution in [0.5, 0.6) is 17.2 Å². The lowest BCUT2D eigenvalue weighted by Crippen LogP contribution is -2.34. The first-order valence-corrected chi connectivity index (χ1v) is 7.89. The molecule has 1 aliphatic heterocycles. The van der Waals surface area contributed by atoms with E-state index in [0.29, 0.717) is 23.0 Å². The van der Waals surface area contributed by atoms with Crippen LogP contribution in [0.15, 0.2) is 12.1 Å². The molecule has 0 radical (unpaired) electrons. The minimum atomic E-state index is -0.467. The molecule has 8 heteroatoms. The van der Waals surface area contributed by atoms with Gasteiger partial charge in [0.2, 0.25) is 11.7 Å². The summed E-state index contributed by atoms with van der Waals surface area (Å²) in [6.45, 7) is -0.107. The number of hydrogen-bond acceptors (Lipinski definition) is 7. The predicted octanol–water partition coefficient (Wildman–Crippen LogP) is 1.46. The topological polar surface area (TPSA) is 74.3 Å². The second-order valence-corrected chi connectivity index (χ2v) is 5.75. The molecule has 1 atom stereocenters. The number of nitrogens with zero attached hydrogens (tertiary/aromatic N) is 1. The lowest BCUT2D eigenvalue weighted by atomic mass is 10.1. The highest BCUT2D eigenvalue weighted by Gasteiger charge is 2.37. The number of rotatable bonds is 6. The zero-order chi connectivity index (χ0) is 17.0. The molecule has 0 N–H and O–H groups in total. The summed E-state index contributed by atoms with van der Waals surface area (Å²) in [5.74, 6) is 1.16. The Morgan fingerprint density at radius 2 is 1.87 bits per heavy atom. The third-order valence-electron chi connectivity index (χ3n) is 3.50. The number of carbonyl (C=O) groups is 2. The molecule has 1 aromatic carbocycles. The van der Waals surface area contributed by atoms with E-state index < -0.39 is 5.97 Å². The van der Waals surface area contributed by atoms with Gasteiger partial charge in [-0.3, -0.25) is 9.59 Å².